The number of carbonyl (C=O) groups excluding carboxylic acids is 1. The lowest BCUT2D eigenvalue weighted by atomic mass is 10.1. The number of amides is 1. The Kier molecular flexibility index (Phi) is 5.34. The summed E-state index contributed by atoms with van der Waals surface area (Å²) in [5.74, 6) is 1.47. The van der Waals surface area contributed by atoms with Crippen LogP contribution >= 0.6 is 11.8 Å². The van der Waals surface area contributed by atoms with Gasteiger partial charge in [-0.15, -0.1) is 5.10 Å². The Balaban J connectivity index is 1.86. The lowest BCUT2D eigenvalue weighted by Crippen LogP contribution is -2.50. The first-order valence-electron chi connectivity index (χ1n) is 9.35. The Hall–Kier alpha value is -2.80. The molecule has 144 valence electrons. The predicted octanol–water partition coefficient (Wildman–Crippen LogP) is 2.37. The second-order valence-corrected chi connectivity index (χ2v) is 7.60. The highest BCUT2D eigenvalue weighted by Gasteiger charge is 2.35. The molecule has 0 aliphatic carbocycles. The first kappa shape index (κ1) is 18.6. The van der Waals surface area contributed by atoms with Crippen molar-refractivity contribution >= 4 is 28.5 Å². The fourth-order valence-corrected chi connectivity index (χ4v) is 4.22. The van der Waals surface area contributed by atoms with E-state index in [1.54, 1.807) is 23.9 Å². The van der Waals surface area contributed by atoms with Gasteiger partial charge in [0.2, 0.25) is 0 Å². The summed E-state index contributed by atoms with van der Waals surface area (Å²) >= 11 is 1.56. The predicted molar refractivity (Wildman–Crippen MR) is 111 cm³/mol. The van der Waals surface area contributed by atoms with Crippen LogP contribution in [0, 0.1) is 0 Å². The van der Waals surface area contributed by atoms with E-state index >= 15 is 0 Å². The number of hydrazone groups is 1. The van der Waals surface area contributed by atoms with Crippen LogP contribution in [0.5, 0.6) is 5.75 Å². The summed E-state index contributed by atoms with van der Waals surface area (Å²) in [6, 6.07) is 15.4. The van der Waals surface area contributed by atoms with Gasteiger partial charge < -0.3 is 4.74 Å². The van der Waals surface area contributed by atoms with Crippen LogP contribution in [0.15, 0.2) is 58.6 Å². The van der Waals surface area contributed by atoms with Crippen molar-refractivity contribution in [1.29, 1.82) is 0 Å². The zero-order chi connectivity index (χ0) is 19.5. The monoisotopic (exact) mass is 394 g/mol. The second kappa shape index (κ2) is 8.06. The van der Waals surface area contributed by atoms with Crippen molar-refractivity contribution in [2.75, 3.05) is 12.9 Å². The van der Waals surface area contributed by atoms with Crippen LogP contribution in [0.4, 0.5) is 0 Å². The van der Waals surface area contributed by atoms with Crippen molar-refractivity contribution in [1.82, 2.24) is 10.3 Å². The molecule has 0 spiro atoms. The molecule has 2 aromatic rings. The first-order chi connectivity index (χ1) is 13.7. The van der Waals surface area contributed by atoms with Gasteiger partial charge in [0.1, 0.15) is 11.4 Å². The highest BCUT2D eigenvalue weighted by Crippen LogP contribution is 2.35. The minimum atomic E-state index is -0.464. The summed E-state index contributed by atoms with van der Waals surface area (Å²) in [4.78, 5) is 17.9. The summed E-state index contributed by atoms with van der Waals surface area (Å²) < 4.78 is 5.55. The summed E-state index contributed by atoms with van der Waals surface area (Å²) in [5.41, 5.74) is 1.38. The fraction of sp³-hybridized carbons (Fsp3) is 0.286. The number of amidine groups is 1. The molecule has 1 unspecified atom stereocenters. The molecule has 0 aromatic heterocycles. The van der Waals surface area contributed by atoms with Gasteiger partial charge in [-0.3, -0.25) is 15.1 Å². The number of rotatable bonds is 5. The Morgan fingerprint density at radius 2 is 1.96 bits per heavy atom. The molecule has 1 amide bonds. The number of hydrogen-bond acceptors (Lipinski definition) is 6. The maximum absolute atomic E-state index is 13.0. The molecule has 7 heteroatoms. The number of thioether (sulfide) groups is 1. The van der Waals surface area contributed by atoms with E-state index in [2.05, 4.69) is 12.2 Å². The zero-order valence-electron chi connectivity index (χ0n) is 15.9. The van der Waals surface area contributed by atoms with Gasteiger partial charge in [-0.1, -0.05) is 61.5 Å². The maximum Gasteiger partial charge on any atom is 0.276 e. The molecule has 2 aliphatic rings. The first-order valence-corrected chi connectivity index (χ1v) is 10.3. The van der Waals surface area contributed by atoms with Gasteiger partial charge in [0.05, 0.1) is 12.5 Å². The van der Waals surface area contributed by atoms with Gasteiger partial charge in [0.25, 0.3) is 5.91 Å². The minimum Gasteiger partial charge on any atom is -0.496 e. The number of unbranched alkanes of at least 4 members (excludes halogenated alkanes) is 1. The van der Waals surface area contributed by atoms with Crippen molar-refractivity contribution in [3.05, 3.63) is 64.7 Å². The van der Waals surface area contributed by atoms with Crippen LogP contribution in [0.1, 0.15) is 31.5 Å². The average Bonchev–Trinajstić information content (AvgIpc) is 2.73. The quantitative estimate of drug-likeness (QED) is 0.791. The van der Waals surface area contributed by atoms with Gasteiger partial charge in [-0.05, 0) is 18.6 Å². The standard InChI is InChI=1S/C21H22N4O2S/c1-3-4-13-28-21-23-20(26)18-14-9-5-7-11-16(14)22-19(25(18)24-21)15-10-6-8-12-17(15)27-2/h5-12,19H,3-4,13H2,1-2H3,(H,23,24,26). The van der Waals surface area contributed by atoms with E-state index in [0.717, 1.165) is 40.5 Å². The van der Waals surface area contributed by atoms with Crippen LogP contribution < -0.4 is 20.6 Å². The van der Waals surface area contributed by atoms with Crippen molar-refractivity contribution < 1.29 is 9.53 Å². The topological polar surface area (TPSA) is 66.3 Å². The van der Waals surface area contributed by atoms with E-state index in [9.17, 15) is 4.79 Å². The third-order valence-corrected chi connectivity index (χ3v) is 5.62. The molecule has 28 heavy (non-hydrogen) atoms. The summed E-state index contributed by atoms with van der Waals surface area (Å²) in [5, 5.41) is 11.6. The molecular formula is C21H22N4O2S. The van der Waals surface area contributed by atoms with E-state index in [0.29, 0.717) is 10.9 Å². The zero-order valence-corrected chi connectivity index (χ0v) is 16.7. The van der Waals surface area contributed by atoms with Crippen LogP contribution in [0.2, 0.25) is 0 Å². The van der Waals surface area contributed by atoms with E-state index < -0.39 is 6.17 Å². The second-order valence-electron chi connectivity index (χ2n) is 6.52. The smallest absolute Gasteiger partial charge is 0.276 e. The van der Waals surface area contributed by atoms with Crippen molar-refractivity contribution in [3.8, 4) is 5.75 Å². The number of benzene rings is 2. The molecular weight excluding hydrogens is 372 g/mol. The number of carbonyl (C=O) groups is 1. The highest BCUT2D eigenvalue weighted by atomic mass is 32.2. The van der Waals surface area contributed by atoms with Crippen molar-refractivity contribution in [2.45, 2.75) is 25.9 Å². The van der Waals surface area contributed by atoms with Crippen LogP contribution in [-0.2, 0) is 4.79 Å². The highest BCUT2D eigenvalue weighted by molar-refractivity contribution is 8.13. The number of fused-ring (bicyclic) bond motifs is 2. The van der Waals surface area contributed by atoms with E-state index in [4.69, 9.17) is 14.8 Å². The number of nitrogens with one attached hydrogen (secondary N) is 1. The van der Waals surface area contributed by atoms with Crippen LogP contribution in [0.25, 0.3) is 5.70 Å². The normalized spacial score (nSPS) is 17.9. The molecule has 0 bridgehead atoms. The Morgan fingerprint density at radius 3 is 2.79 bits per heavy atom. The number of para-hydroxylation sites is 2. The minimum absolute atomic E-state index is 0.156. The third kappa shape index (κ3) is 3.38. The van der Waals surface area contributed by atoms with E-state index in [-0.39, 0.29) is 5.91 Å². The SMILES string of the molecule is CCCCSC1=NN2C(=c3ccccc3=NC2c2ccccc2OC)C(=O)N1. The Bertz CT molecular complexity index is 1050. The van der Waals surface area contributed by atoms with E-state index in [1.807, 2.05) is 48.5 Å². The molecule has 0 fully saturated rings. The molecule has 2 aromatic carbocycles. The summed E-state index contributed by atoms with van der Waals surface area (Å²) in [7, 11) is 1.64. The molecule has 1 N–H and O–H groups in total. The lowest BCUT2D eigenvalue weighted by molar-refractivity contribution is -0.116. The number of hydrogen-bond donors (Lipinski definition) is 1. The lowest BCUT2D eigenvalue weighted by Gasteiger charge is -2.34. The van der Waals surface area contributed by atoms with Gasteiger partial charge in [0.15, 0.2) is 11.3 Å². The fourth-order valence-electron chi connectivity index (χ4n) is 3.29. The molecule has 1 atom stereocenters. The molecule has 0 saturated carbocycles. The Morgan fingerprint density at radius 1 is 1.18 bits per heavy atom. The van der Waals surface area contributed by atoms with Gasteiger partial charge in [-0.25, -0.2) is 5.01 Å². The van der Waals surface area contributed by atoms with Gasteiger partial charge in [-0.2, -0.15) is 0 Å². The van der Waals surface area contributed by atoms with Crippen LogP contribution in [0.3, 0.4) is 0 Å². The third-order valence-electron chi connectivity index (χ3n) is 4.67. The average molecular weight is 395 g/mol. The number of ether oxygens (including phenoxy) is 1. The molecule has 0 radical (unpaired) electrons. The van der Waals surface area contributed by atoms with E-state index in [1.165, 1.54) is 0 Å². The van der Waals surface area contributed by atoms with Crippen molar-refractivity contribution in [3.63, 3.8) is 0 Å². The van der Waals surface area contributed by atoms with Gasteiger partial charge >= 0.3 is 0 Å². The maximum atomic E-state index is 13.0. The summed E-state index contributed by atoms with van der Waals surface area (Å²) in [6.07, 6.45) is 1.70. The molecule has 2 heterocycles. The largest absolute Gasteiger partial charge is 0.496 e. The molecule has 6 nitrogen and oxygen atoms in total. The van der Waals surface area contributed by atoms with Crippen LogP contribution in [-0.4, -0.2) is 28.9 Å². The molecule has 0 saturated heterocycles. The summed E-state index contributed by atoms with van der Waals surface area (Å²) in [6.45, 7) is 2.14. The number of methoxy groups -OCH3 is 1. The molecule has 4 rings (SSSR count). The molecule has 2 aliphatic heterocycles. The number of nitrogens with zero attached hydrogens (tertiary/aromatic N) is 3. The van der Waals surface area contributed by atoms with Gasteiger partial charge in [0, 0.05) is 16.5 Å². The van der Waals surface area contributed by atoms with Crippen molar-refractivity contribution in [2.24, 2.45) is 10.1 Å². The Labute approximate surface area is 168 Å².